The zero-order valence-corrected chi connectivity index (χ0v) is 24.9. The monoisotopic (exact) mass is 585 g/mol. The Morgan fingerprint density at radius 3 is 1.65 bits per heavy atom. The van der Waals surface area contributed by atoms with Crippen molar-refractivity contribution in [3.8, 4) is 45.2 Å². The molecule has 0 aliphatic rings. The summed E-state index contributed by atoms with van der Waals surface area (Å²) in [6.07, 6.45) is 0. The summed E-state index contributed by atoms with van der Waals surface area (Å²) in [6, 6.07) is 57.2. The minimum atomic E-state index is 0.691. The molecule has 0 spiro atoms. The summed E-state index contributed by atoms with van der Waals surface area (Å²) in [7, 11) is 0. The van der Waals surface area contributed by atoms with E-state index in [0.717, 1.165) is 66.4 Å². The van der Waals surface area contributed by atoms with Crippen LogP contribution in [-0.4, -0.2) is 15.0 Å². The lowest BCUT2D eigenvalue weighted by Gasteiger charge is -2.16. The van der Waals surface area contributed by atoms with Crippen LogP contribution in [0, 0.1) is 0 Å². The highest BCUT2D eigenvalue weighted by molar-refractivity contribution is 6.25. The maximum atomic E-state index is 5.31. The second-order valence-corrected chi connectivity index (χ2v) is 11.6. The number of aromatic nitrogens is 3. The highest BCUT2D eigenvalue weighted by Gasteiger charge is 2.19. The Hall–Kier alpha value is -6.19. The van der Waals surface area contributed by atoms with E-state index in [1.165, 1.54) is 16.2 Å². The molecule has 0 N–H and O–H groups in total. The topological polar surface area (TPSA) is 38.7 Å². The summed E-state index contributed by atoms with van der Waals surface area (Å²) < 4.78 is 0. The average molecular weight is 586 g/mol. The summed E-state index contributed by atoms with van der Waals surface area (Å²) in [5, 5.41) is 8.07. The van der Waals surface area contributed by atoms with Crippen molar-refractivity contribution >= 4 is 43.2 Å². The van der Waals surface area contributed by atoms with Gasteiger partial charge in [-0.2, -0.15) is 0 Å². The molecule has 3 nitrogen and oxygen atoms in total. The van der Waals surface area contributed by atoms with Crippen molar-refractivity contribution in [2.24, 2.45) is 0 Å². The van der Waals surface area contributed by atoms with Gasteiger partial charge in [0.2, 0.25) is 0 Å². The maximum Gasteiger partial charge on any atom is 0.161 e. The smallest absolute Gasteiger partial charge is 0.161 e. The van der Waals surface area contributed by atoms with Crippen LogP contribution in [0.15, 0.2) is 164 Å². The molecule has 0 aliphatic heterocycles. The second kappa shape index (κ2) is 10.8. The average Bonchev–Trinajstić information content (AvgIpc) is 3.14. The predicted molar refractivity (Wildman–Crippen MR) is 192 cm³/mol. The molecule has 0 saturated carbocycles. The zero-order chi connectivity index (χ0) is 30.5. The van der Waals surface area contributed by atoms with Gasteiger partial charge in [0.25, 0.3) is 0 Å². The van der Waals surface area contributed by atoms with Crippen LogP contribution in [0.5, 0.6) is 0 Å². The van der Waals surface area contributed by atoms with Crippen LogP contribution in [0.3, 0.4) is 0 Å². The van der Waals surface area contributed by atoms with Crippen molar-refractivity contribution in [1.29, 1.82) is 0 Å². The molecule has 0 radical (unpaired) electrons. The Morgan fingerprint density at radius 2 is 0.935 bits per heavy atom. The van der Waals surface area contributed by atoms with Gasteiger partial charge in [0.1, 0.15) is 0 Å². The third-order valence-corrected chi connectivity index (χ3v) is 8.83. The number of para-hydroxylation sites is 1. The first-order chi connectivity index (χ1) is 22.8. The number of benzene rings is 7. The number of hydrogen-bond donors (Lipinski definition) is 0. The highest BCUT2D eigenvalue weighted by atomic mass is 14.9. The summed E-state index contributed by atoms with van der Waals surface area (Å²) in [4.78, 5) is 15.8. The molecule has 0 unspecified atom stereocenters. The van der Waals surface area contributed by atoms with Crippen LogP contribution >= 0.6 is 0 Å². The van der Waals surface area contributed by atoms with E-state index in [4.69, 9.17) is 15.0 Å². The van der Waals surface area contributed by atoms with E-state index in [2.05, 4.69) is 152 Å². The maximum absolute atomic E-state index is 5.31. The van der Waals surface area contributed by atoms with Crippen LogP contribution in [0.1, 0.15) is 0 Å². The van der Waals surface area contributed by atoms with Crippen molar-refractivity contribution in [3.05, 3.63) is 164 Å². The first-order valence-electron chi connectivity index (χ1n) is 15.5. The molecule has 9 aromatic rings. The predicted octanol–water partition coefficient (Wildman–Crippen LogP) is 11.2. The summed E-state index contributed by atoms with van der Waals surface area (Å²) in [5.41, 5.74) is 7.88. The van der Waals surface area contributed by atoms with Crippen molar-refractivity contribution in [2.45, 2.75) is 0 Å². The normalized spacial score (nSPS) is 11.5. The Kier molecular flexibility index (Phi) is 6.14. The quantitative estimate of drug-likeness (QED) is 0.193. The number of fused-ring (bicyclic) bond motifs is 6. The van der Waals surface area contributed by atoms with Crippen LogP contribution in [-0.2, 0) is 0 Å². The van der Waals surface area contributed by atoms with Crippen LogP contribution in [0.2, 0.25) is 0 Å². The van der Waals surface area contributed by atoms with Crippen molar-refractivity contribution < 1.29 is 0 Å². The Morgan fingerprint density at radius 1 is 0.348 bits per heavy atom. The fraction of sp³-hybridized carbons (Fsp3) is 0. The SMILES string of the molecule is c1ccc(-c2cc(-c3ccccc3)nc(-c3cc4c(-c5ccc6ccccc6c5)nc5ccccc5c4c4ccccc34)n2)cc1. The largest absolute Gasteiger partial charge is 0.247 e. The molecule has 9 rings (SSSR count). The lowest BCUT2D eigenvalue weighted by Crippen LogP contribution is -1.98. The molecule has 7 aromatic carbocycles. The van der Waals surface area contributed by atoms with Crippen molar-refractivity contribution in [1.82, 2.24) is 15.0 Å². The lowest BCUT2D eigenvalue weighted by atomic mass is 9.91. The molecule has 0 aliphatic carbocycles. The number of rotatable bonds is 4. The van der Waals surface area contributed by atoms with Gasteiger partial charge in [-0.25, -0.2) is 15.0 Å². The van der Waals surface area contributed by atoms with Gasteiger partial charge in [-0.05, 0) is 45.8 Å². The van der Waals surface area contributed by atoms with Gasteiger partial charge in [0.05, 0.1) is 22.6 Å². The summed E-state index contributed by atoms with van der Waals surface area (Å²) >= 11 is 0. The standard InChI is InChI=1S/C43H27N3/c1-3-14-29(15-4-1)39-27-40(30-16-5-2-6-17-30)46-43(45-39)36-26-37-41(34-20-10-9-19-33(34)36)35-21-11-12-22-38(35)44-42(37)32-24-23-28-13-7-8-18-31(28)25-32/h1-27H. The van der Waals surface area contributed by atoms with Gasteiger partial charge in [0, 0.05) is 38.4 Å². The minimum Gasteiger partial charge on any atom is -0.247 e. The number of pyridine rings is 1. The number of nitrogens with zero attached hydrogens (tertiary/aromatic N) is 3. The lowest BCUT2D eigenvalue weighted by molar-refractivity contribution is 1.19. The van der Waals surface area contributed by atoms with Crippen LogP contribution in [0.25, 0.3) is 88.4 Å². The molecular weight excluding hydrogens is 558 g/mol. The molecule has 0 fully saturated rings. The molecule has 3 heteroatoms. The molecule has 214 valence electrons. The molecule has 46 heavy (non-hydrogen) atoms. The molecule has 0 amide bonds. The first kappa shape index (κ1) is 26.2. The molecule has 2 aromatic heterocycles. The Labute approximate surface area is 266 Å². The second-order valence-electron chi connectivity index (χ2n) is 11.6. The molecule has 0 bridgehead atoms. The van der Waals surface area contributed by atoms with Gasteiger partial charge < -0.3 is 0 Å². The third-order valence-electron chi connectivity index (χ3n) is 8.83. The summed E-state index contributed by atoms with van der Waals surface area (Å²) in [5.74, 6) is 0.691. The van der Waals surface area contributed by atoms with E-state index in [0.29, 0.717) is 5.82 Å². The van der Waals surface area contributed by atoms with E-state index in [1.54, 1.807) is 0 Å². The Balaban J connectivity index is 1.40. The zero-order valence-electron chi connectivity index (χ0n) is 24.9. The first-order valence-corrected chi connectivity index (χ1v) is 15.5. The van der Waals surface area contributed by atoms with Gasteiger partial charge >= 0.3 is 0 Å². The van der Waals surface area contributed by atoms with Gasteiger partial charge in [0.15, 0.2) is 5.82 Å². The van der Waals surface area contributed by atoms with Crippen molar-refractivity contribution in [2.75, 3.05) is 0 Å². The van der Waals surface area contributed by atoms with E-state index in [-0.39, 0.29) is 0 Å². The fourth-order valence-corrected chi connectivity index (χ4v) is 6.64. The van der Waals surface area contributed by atoms with Crippen LogP contribution in [0.4, 0.5) is 0 Å². The summed E-state index contributed by atoms with van der Waals surface area (Å²) in [6.45, 7) is 0. The third kappa shape index (κ3) is 4.41. The molecule has 0 saturated heterocycles. The van der Waals surface area contributed by atoms with E-state index < -0.39 is 0 Å². The van der Waals surface area contributed by atoms with Crippen molar-refractivity contribution in [3.63, 3.8) is 0 Å². The van der Waals surface area contributed by atoms with Gasteiger partial charge in [-0.15, -0.1) is 0 Å². The fourth-order valence-electron chi connectivity index (χ4n) is 6.64. The molecular formula is C43H27N3. The van der Waals surface area contributed by atoms with E-state index in [9.17, 15) is 0 Å². The number of hydrogen-bond acceptors (Lipinski definition) is 3. The highest BCUT2D eigenvalue weighted by Crippen LogP contribution is 2.42. The van der Waals surface area contributed by atoms with E-state index >= 15 is 0 Å². The van der Waals surface area contributed by atoms with Gasteiger partial charge in [-0.3, -0.25) is 0 Å². The minimum absolute atomic E-state index is 0.691. The molecule has 2 heterocycles. The van der Waals surface area contributed by atoms with E-state index in [1.807, 2.05) is 12.1 Å². The Bertz CT molecular complexity index is 2520. The van der Waals surface area contributed by atoms with Gasteiger partial charge in [-0.1, -0.05) is 140 Å². The van der Waals surface area contributed by atoms with Crippen LogP contribution < -0.4 is 0 Å². The molecule has 0 atom stereocenters.